The molecule has 0 aliphatic carbocycles. The highest BCUT2D eigenvalue weighted by Gasteiger charge is 2.08. The quantitative estimate of drug-likeness (QED) is 0.695. The second kappa shape index (κ2) is 5.00. The minimum Gasteiger partial charge on any atom is -0.486 e. The minimum atomic E-state index is -0.330. The van der Waals surface area contributed by atoms with Crippen molar-refractivity contribution < 1.29 is 9.13 Å². The van der Waals surface area contributed by atoms with Crippen LogP contribution in [0.5, 0.6) is 5.75 Å². The summed E-state index contributed by atoms with van der Waals surface area (Å²) in [5, 5.41) is 1.16. The van der Waals surface area contributed by atoms with Crippen LogP contribution in [0.25, 0.3) is 10.9 Å². The molecular weight excluding hydrogens is 253 g/mol. The van der Waals surface area contributed by atoms with Gasteiger partial charge in [-0.1, -0.05) is 23.8 Å². The average Bonchev–Trinajstić information content (AvgIpc) is 2.74. The molecule has 0 saturated carbocycles. The van der Waals surface area contributed by atoms with Gasteiger partial charge in [0.2, 0.25) is 0 Å². The van der Waals surface area contributed by atoms with Crippen LogP contribution in [0.2, 0.25) is 0 Å². The van der Waals surface area contributed by atoms with Crippen LogP contribution in [0.15, 0.2) is 48.7 Å². The van der Waals surface area contributed by atoms with Gasteiger partial charge in [-0.25, -0.2) is 4.39 Å². The fraction of sp³-hybridized carbons (Fsp3) is 0.176. The van der Waals surface area contributed by atoms with E-state index in [1.165, 1.54) is 11.6 Å². The van der Waals surface area contributed by atoms with Gasteiger partial charge >= 0.3 is 0 Å². The van der Waals surface area contributed by atoms with E-state index >= 15 is 0 Å². The first-order chi connectivity index (χ1) is 9.65. The molecule has 0 fully saturated rings. The third kappa shape index (κ3) is 2.27. The van der Waals surface area contributed by atoms with E-state index in [0.29, 0.717) is 6.61 Å². The lowest BCUT2D eigenvalue weighted by Crippen LogP contribution is -1.96. The van der Waals surface area contributed by atoms with Crippen molar-refractivity contribution in [1.29, 1.82) is 0 Å². The zero-order valence-electron chi connectivity index (χ0n) is 11.6. The third-order valence-corrected chi connectivity index (χ3v) is 3.45. The number of benzene rings is 2. The van der Waals surface area contributed by atoms with Crippen molar-refractivity contribution in [2.75, 3.05) is 0 Å². The molecule has 0 atom stereocenters. The normalized spacial score (nSPS) is 10.9. The van der Waals surface area contributed by atoms with Gasteiger partial charge in [-0.2, -0.15) is 0 Å². The van der Waals surface area contributed by atoms with Crippen molar-refractivity contribution in [3.05, 3.63) is 65.6 Å². The number of aryl methyl sites for hydroxylation is 2. The average molecular weight is 269 g/mol. The molecule has 0 saturated heterocycles. The van der Waals surface area contributed by atoms with Gasteiger partial charge in [0.25, 0.3) is 0 Å². The summed E-state index contributed by atoms with van der Waals surface area (Å²) in [6.07, 6.45) is 2.03. The second-order valence-electron chi connectivity index (χ2n) is 5.00. The Morgan fingerprint density at radius 3 is 2.75 bits per heavy atom. The topological polar surface area (TPSA) is 14.2 Å². The number of halogens is 1. The predicted molar refractivity (Wildman–Crippen MR) is 78.4 cm³/mol. The first-order valence-electron chi connectivity index (χ1n) is 6.57. The van der Waals surface area contributed by atoms with Crippen molar-refractivity contribution in [1.82, 2.24) is 4.57 Å². The van der Waals surface area contributed by atoms with Crippen LogP contribution >= 0.6 is 0 Å². The standard InChI is InChI=1S/C17H16FNO/c1-12-7-8-16-14(9-12)13(10-19(16)2)11-20-17-6-4-3-5-15(17)18/h3-10H,11H2,1-2H3. The Morgan fingerprint density at radius 1 is 1.15 bits per heavy atom. The fourth-order valence-electron chi connectivity index (χ4n) is 2.42. The Morgan fingerprint density at radius 2 is 1.95 bits per heavy atom. The fourth-order valence-corrected chi connectivity index (χ4v) is 2.42. The molecule has 2 aromatic carbocycles. The molecule has 3 rings (SSSR count). The molecule has 3 aromatic rings. The first kappa shape index (κ1) is 12.7. The Hall–Kier alpha value is -2.29. The van der Waals surface area contributed by atoms with Crippen molar-refractivity contribution in [2.45, 2.75) is 13.5 Å². The van der Waals surface area contributed by atoms with Gasteiger partial charge in [0.15, 0.2) is 11.6 Å². The molecule has 0 N–H and O–H groups in total. The van der Waals surface area contributed by atoms with Crippen LogP contribution in [0.1, 0.15) is 11.1 Å². The maximum absolute atomic E-state index is 13.5. The van der Waals surface area contributed by atoms with E-state index in [1.807, 2.05) is 13.2 Å². The summed E-state index contributed by atoms with van der Waals surface area (Å²) in [5.74, 6) is -0.0407. The molecule has 2 nitrogen and oxygen atoms in total. The number of para-hydroxylation sites is 1. The zero-order chi connectivity index (χ0) is 14.1. The van der Waals surface area contributed by atoms with Gasteiger partial charge in [-0.15, -0.1) is 0 Å². The van der Waals surface area contributed by atoms with Crippen LogP contribution in [0, 0.1) is 12.7 Å². The highest BCUT2D eigenvalue weighted by atomic mass is 19.1. The van der Waals surface area contributed by atoms with E-state index in [9.17, 15) is 4.39 Å². The lowest BCUT2D eigenvalue weighted by molar-refractivity contribution is 0.291. The number of hydrogen-bond donors (Lipinski definition) is 0. The van der Waals surface area contributed by atoms with Gasteiger partial charge in [-0.05, 0) is 31.2 Å². The van der Waals surface area contributed by atoms with Gasteiger partial charge in [0.1, 0.15) is 6.61 Å². The number of rotatable bonds is 3. The van der Waals surface area contributed by atoms with E-state index < -0.39 is 0 Å². The van der Waals surface area contributed by atoms with Gasteiger partial charge in [0.05, 0.1) is 0 Å². The van der Waals surface area contributed by atoms with Crippen LogP contribution < -0.4 is 4.74 Å². The van der Waals surface area contributed by atoms with E-state index in [1.54, 1.807) is 18.2 Å². The van der Waals surface area contributed by atoms with E-state index in [0.717, 1.165) is 16.5 Å². The molecule has 20 heavy (non-hydrogen) atoms. The second-order valence-corrected chi connectivity index (χ2v) is 5.00. The molecule has 0 aliphatic heterocycles. The van der Waals surface area contributed by atoms with Crippen molar-refractivity contribution in [3.8, 4) is 5.75 Å². The molecule has 3 heteroatoms. The SMILES string of the molecule is Cc1ccc2c(c1)c(COc1ccccc1F)cn2C. The van der Waals surface area contributed by atoms with Crippen molar-refractivity contribution in [2.24, 2.45) is 7.05 Å². The monoisotopic (exact) mass is 269 g/mol. The number of aromatic nitrogens is 1. The smallest absolute Gasteiger partial charge is 0.165 e. The summed E-state index contributed by atoms with van der Waals surface area (Å²) < 4.78 is 21.2. The number of ether oxygens (including phenoxy) is 1. The summed E-state index contributed by atoms with van der Waals surface area (Å²) in [6, 6.07) is 12.8. The molecule has 0 bridgehead atoms. The molecule has 0 spiro atoms. The van der Waals surface area contributed by atoms with E-state index in [2.05, 4.69) is 29.7 Å². The van der Waals surface area contributed by atoms with Crippen LogP contribution in [-0.2, 0) is 13.7 Å². The highest BCUT2D eigenvalue weighted by molar-refractivity contribution is 5.84. The largest absolute Gasteiger partial charge is 0.486 e. The molecule has 102 valence electrons. The molecule has 1 heterocycles. The molecule has 0 unspecified atom stereocenters. The summed E-state index contributed by atoms with van der Waals surface area (Å²) >= 11 is 0. The number of nitrogens with zero attached hydrogens (tertiary/aromatic N) is 1. The Labute approximate surface area is 117 Å². The summed E-state index contributed by atoms with van der Waals surface area (Å²) in [7, 11) is 2.00. The maximum atomic E-state index is 13.5. The third-order valence-electron chi connectivity index (χ3n) is 3.45. The van der Waals surface area contributed by atoms with Crippen LogP contribution in [-0.4, -0.2) is 4.57 Å². The number of fused-ring (bicyclic) bond motifs is 1. The van der Waals surface area contributed by atoms with E-state index in [4.69, 9.17) is 4.74 Å². The summed E-state index contributed by atoms with van der Waals surface area (Å²) in [4.78, 5) is 0. The summed E-state index contributed by atoms with van der Waals surface area (Å²) in [6.45, 7) is 2.43. The molecular formula is C17H16FNO. The van der Waals surface area contributed by atoms with Gasteiger partial charge in [0, 0.05) is 29.7 Å². The number of hydrogen-bond acceptors (Lipinski definition) is 1. The van der Waals surface area contributed by atoms with Crippen molar-refractivity contribution in [3.63, 3.8) is 0 Å². The highest BCUT2D eigenvalue weighted by Crippen LogP contribution is 2.24. The van der Waals surface area contributed by atoms with Gasteiger partial charge < -0.3 is 9.30 Å². The lowest BCUT2D eigenvalue weighted by atomic mass is 10.1. The van der Waals surface area contributed by atoms with Crippen LogP contribution in [0.3, 0.4) is 0 Å². The van der Waals surface area contributed by atoms with Crippen LogP contribution in [0.4, 0.5) is 4.39 Å². The molecule has 1 aromatic heterocycles. The van der Waals surface area contributed by atoms with E-state index in [-0.39, 0.29) is 11.6 Å². The molecule has 0 radical (unpaired) electrons. The zero-order valence-corrected chi connectivity index (χ0v) is 11.6. The Kier molecular flexibility index (Phi) is 3.18. The first-order valence-corrected chi connectivity index (χ1v) is 6.57. The summed E-state index contributed by atoms with van der Waals surface area (Å²) in [5.41, 5.74) is 3.42. The molecule has 0 amide bonds. The predicted octanol–water partition coefficient (Wildman–Crippen LogP) is 4.20. The van der Waals surface area contributed by atoms with Gasteiger partial charge in [-0.3, -0.25) is 0 Å². The lowest BCUT2D eigenvalue weighted by Gasteiger charge is -2.06. The van der Waals surface area contributed by atoms with Crippen molar-refractivity contribution >= 4 is 10.9 Å². The minimum absolute atomic E-state index is 0.289. The molecule has 0 aliphatic rings. The maximum Gasteiger partial charge on any atom is 0.165 e. The Balaban J connectivity index is 1.92. The Bertz CT molecular complexity index is 761.